The van der Waals surface area contributed by atoms with Gasteiger partial charge in [-0.25, -0.2) is 5.84 Å². The maximum atomic E-state index is 10.8. The molecule has 0 saturated carbocycles. The van der Waals surface area contributed by atoms with Crippen molar-refractivity contribution in [3.05, 3.63) is 49.4 Å². The minimum atomic E-state index is -0.605. The first-order chi connectivity index (χ1) is 9.90. The second-order valence-electron chi connectivity index (χ2n) is 3.75. The molecule has 10 heteroatoms. The average molecular weight is 350 g/mol. The van der Waals surface area contributed by atoms with Crippen molar-refractivity contribution in [2.24, 2.45) is 5.84 Å². The predicted molar refractivity (Wildman–Crippen MR) is 80.2 cm³/mol. The molecule has 1 aromatic carbocycles. The first-order valence-electron chi connectivity index (χ1n) is 5.36. The van der Waals surface area contributed by atoms with E-state index in [1.165, 1.54) is 12.1 Å². The summed E-state index contributed by atoms with van der Waals surface area (Å²) in [5.41, 5.74) is 1.96. The molecule has 0 bridgehead atoms. The Balaban J connectivity index is 2.41. The van der Waals surface area contributed by atoms with E-state index < -0.39 is 4.92 Å². The molecule has 0 atom stereocenters. The second-order valence-corrected chi connectivity index (χ2v) is 4.97. The van der Waals surface area contributed by atoms with Crippen molar-refractivity contribution < 1.29 is 9.66 Å². The van der Waals surface area contributed by atoms with Crippen LogP contribution < -0.4 is 16.0 Å². The van der Waals surface area contributed by atoms with Gasteiger partial charge in [0.25, 0.3) is 5.69 Å². The predicted octanol–water partition coefficient (Wildman–Crippen LogP) is 4.03. The highest BCUT2D eigenvalue weighted by Gasteiger charge is 2.14. The Labute approximate surface area is 133 Å². The van der Waals surface area contributed by atoms with Crippen LogP contribution in [0.1, 0.15) is 0 Å². The third-order valence-corrected chi connectivity index (χ3v) is 3.35. The number of nitro groups is 1. The Morgan fingerprint density at radius 2 is 1.81 bits per heavy atom. The number of anilines is 1. The average Bonchev–Trinajstić information content (AvgIpc) is 2.44. The van der Waals surface area contributed by atoms with Crippen LogP contribution >= 0.6 is 34.8 Å². The van der Waals surface area contributed by atoms with Gasteiger partial charge in [0.15, 0.2) is 5.82 Å². The molecule has 0 amide bonds. The lowest BCUT2D eigenvalue weighted by Gasteiger charge is -2.09. The number of aromatic nitrogens is 1. The number of hydrazine groups is 1. The number of pyridine rings is 1. The summed E-state index contributed by atoms with van der Waals surface area (Å²) in [6.07, 6.45) is 0. The summed E-state index contributed by atoms with van der Waals surface area (Å²) in [6.45, 7) is 0. The van der Waals surface area contributed by atoms with Crippen LogP contribution in [0, 0.1) is 10.1 Å². The molecule has 2 aromatic rings. The van der Waals surface area contributed by atoms with Gasteiger partial charge in [0.05, 0.1) is 32.1 Å². The van der Waals surface area contributed by atoms with Crippen molar-refractivity contribution in [1.29, 1.82) is 0 Å². The normalized spacial score (nSPS) is 10.3. The van der Waals surface area contributed by atoms with E-state index in [1.807, 2.05) is 0 Å². The number of nitrogens with two attached hydrogens (primary N) is 1. The van der Waals surface area contributed by atoms with Crippen molar-refractivity contribution in [3.8, 4) is 11.6 Å². The Morgan fingerprint density at radius 1 is 1.14 bits per heavy atom. The molecule has 21 heavy (non-hydrogen) atoms. The number of nitrogen functional groups attached to an aromatic ring is 1. The Morgan fingerprint density at radius 3 is 2.43 bits per heavy atom. The van der Waals surface area contributed by atoms with Crippen LogP contribution in [0.5, 0.6) is 11.6 Å². The van der Waals surface area contributed by atoms with Gasteiger partial charge in [-0.3, -0.25) is 10.1 Å². The van der Waals surface area contributed by atoms with Crippen molar-refractivity contribution >= 4 is 46.3 Å². The van der Waals surface area contributed by atoms with Crippen LogP contribution in [-0.2, 0) is 0 Å². The smallest absolute Gasteiger partial charge is 0.278 e. The lowest BCUT2D eigenvalue weighted by atomic mass is 10.3. The molecule has 0 aliphatic rings. The second kappa shape index (κ2) is 6.31. The molecule has 2 rings (SSSR count). The van der Waals surface area contributed by atoms with E-state index in [2.05, 4.69) is 10.4 Å². The number of ether oxygens (including phenoxy) is 1. The van der Waals surface area contributed by atoms with Crippen LogP contribution in [-0.4, -0.2) is 9.91 Å². The molecular weight excluding hydrogens is 343 g/mol. The Bertz CT molecular complexity index is 711. The summed E-state index contributed by atoms with van der Waals surface area (Å²) in [6, 6.07) is 5.05. The van der Waals surface area contributed by atoms with Gasteiger partial charge in [0.2, 0.25) is 5.88 Å². The van der Waals surface area contributed by atoms with Gasteiger partial charge in [0.1, 0.15) is 5.75 Å². The van der Waals surface area contributed by atoms with Gasteiger partial charge in [-0.05, 0) is 6.07 Å². The Hall–Kier alpha value is -1.80. The molecule has 0 aliphatic carbocycles. The standard InChI is InChI=1S/C11H7Cl3N4O3/c12-6-3-8(14)9(4-7(6)13)21-11-2-5(18(19)20)1-10(16-11)17-15/h1-4H,15H2,(H,16,17). The van der Waals surface area contributed by atoms with E-state index in [4.69, 9.17) is 45.4 Å². The zero-order valence-electron chi connectivity index (χ0n) is 10.1. The Kier molecular flexibility index (Phi) is 4.69. The molecule has 0 unspecified atom stereocenters. The highest BCUT2D eigenvalue weighted by atomic mass is 35.5. The number of hydrogen-bond donors (Lipinski definition) is 2. The monoisotopic (exact) mass is 348 g/mol. The minimum Gasteiger partial charge on any atom is -0.437 e. The molecule has 110 valence electrons. The maximum absolute atomic E-state index is 10.8. The van der Waals surface area contributed by atoms with Crippen molar-refractivity contribution in [2.45, 2.75) is 0 Å². The number of nitrogens with one attached hydrogen (secondary N) is 1. The fourth-order valence-electron chi connectivity index (χ4n) is 1.42. The maximum Gasteiger partial charge on any atom is 0.278 e. The highest BCUT2D eigenvalue weighted by molar-refractivity contribution is 6.43. The van der Waals surface area contributed by atoms with Gasteiger partial charge < -0.3 is 10.2 Å². The molecule has 0 saturated heterocycles. The molecule has 1 aromatic heterocycles. The topological polar surface area (TPSA) is 103 Å². The minimum absolute atomic E-state index is 0.0652. The number of nitrogens with zero attached hydrogens (tertiary/aromatic N) is 2. The summed E-state index contributed by atoms with van der Waals surface area (Å²) in [7, 11) is 0. The number of benzene rings is 1. The number of halogens is 3. The lowest BCUT2D eigenvalue weighted by molar-refractivity contribution is -0.384. The van der Waals surface area contributed by atoms with Crippen LogP contribution in [0.4, 0.5) is 11.5 Å². The van der Waals surface area contributed by atoms with E-state index >= 15 is 0 Å². The summed E-state index contributed by atoms with van der Waals surface area (Å²) < 4.78 is 5.39. The third kappa shape index (κ3) is 3.64. The van der Waals surface area contributed by atoms with Crippen molar-refractivity contribution in [3.63, 3.8) is 0 Å². The molecule has 7 nitrogen and oxygen atoms in total. The van der Waals surface area contributed by atoms with E-state index in [0.29, 0.717) is 0 Å². The summed E-state index contributed by atoms with van der Waals surface area (Å²) >= 11 is 17.6. The van der Waals surface area contributed by atoms with Crippen LogP contribution in [0.2, 0.25) is 15.1 Å². The van der Waals surface area contributed by atoms with Crippen LogP contribution in [0.3, 0.4) is 0 Å². The first kappa shape index (κ1) is 15.6. The fraction of sp³-hybridized carbons (Fsp3) is 0. The molecule has 0 radical (unpaired) electrons. The van der Waals surface area contributed by atoms with E-state index in [1.54, 1.807) is 0 Å². The zero-order valence-corrected chi connectivity index (χ0v) is 12.4. The number of rotatable bonds is 4. The van der Waals surface area contributed by atoms with Gasteiger partial charge in [0, 0.05) is 6.07 Å². The molecular formula is C11H7Cl3N4O3. The fourth-order valence-corrected chi connectivity index (χ4v) is 1.99. The third-order valence-electron chi connectivity index (χ3n) is 2.33. The summed E-state index contributed by atoms with van der Waals surface area (Å²) in [4.78, 5) is 14.1. The van der Waals surface area contributed by atoms with Crippen molar-refractivity contribution in [1.82, 2.24) is 4.98 Å². The van der Waals surface area contributed by atoms with Crippen LogP contribution in [0.15, 0.2) is 24.3 Å². The molecule has 1 heterocycles. The lowest BCUT2D eigenvalue weighted by Crippen LogP contribution is -2.09. The van der Waals surface area contributed by atoms with Gasteiger partial charge in [-0.15, -0.1) is 0 Å². The van der Waals surface area contributed by atoms with Gasteiger partial charge in [-0.2, -0.15) is 4.98 Å². The van der Waals surface area contributed by atoms with Crippen molar-refractivity contribution in [2.75, 3.05) is 5.43 Å². The van der Waals surface area contributed by atoms with E-state index in [9.17, 15) is 10.1 Å². The summed E-state index contributed by atoms with van der Waals surface area (Å²) in [5, 5.41) is 11.5. The number of hydrogen-bond acceptors (Lipinski definition) is 6. The highest BCUT2D eigenvalue weighted by Crippen LogP contribution is 2.36. The van der Waals surface area contributed by atoms with Gasteiger partial charge in [-0.1, -0.05) is 34.8 Å². The van der Waals surface area contributed by atoms with E-state index in [-0.39, 0.29) is 38.2 Å². The molecule has 0 fully saturated rings. The molecule has 0 spiro atoms. The van der Waals surface area contributed by atoms with Crippen LogP contribution in [0.25, 0.3) is 0 Å². The first-order valence-corrected chi connectivity index (χ1v) is 6.49. The largest absolute Gasteiger partial charge is 0.437 e. The quantitative estimate of drug-likeness (QED) is 0.374. The molecule has 3 N–H and O–H groups in total. The van der Waals surface area contributed by atoms with E-state index in [0.717, 1.165) is 12.1 Å². The molecule has 0 aliphatic heterocycles. The van der Waals surface area contributed by atoms with Gasteiger partial charge >= 0.3 is 0 Å². The summed E-state index contributed by atoms with van der Waals surface area (Å²) in [5.74, 6) is 5.35. The SMILES string of the molecule is NNc1cc([N+](=O)[O-])cc(Oc2cc(Cl)c(Cl)cc2Cl)n1. The zero-order chi connectivity index (χ0) is 15.6.